The molecule has 1 aromatic heterocycles. The van der Waals surface area contributed by atoms with E-state index in [1.54, 1.807) is 0 Å². The van der Waals surface area contributed by atoms with Crippen LogP contribution in [0.15, 0.2) is 12.5 Å². The molecule has 0 atom stereocenters. The lowest BCUT2D eigenvalue weighted by Gasteiger charge is -2.32. The van der Waals surface area contributed by atoms with E-state index in [1.807, 2.05) is 12.5 Å². The van der Waals surface area contributed by atoms with E-state index in [0.29, 0.717) is 6.04 Å². The van der Waals surface area contributed by atoms with E-state index >= 15 is 0 Å². The number of hydrogen-bond acceptors (Lipinski definition) is 3. The monoisotopic (exact) mass is 248 g/mol. The molecular formula is C13H21BN2O2. The van der Waals surface area contributed by atoms with Crippen LogP contribution in [-0.2, 0) is 9.31 Å². The summed E-state index contributed by atoms with van der Waals surface area (Å²) in [5.41, 5.74) is 0.483. The summed E-state index contributed by atoms with van der Waals surface area (Å²) >= 11 is 0. The van der Waals surface area contributed by atoms with Crippen LogP contribution in [0.2, 0.25) is 0 Å². The highest BCUT2D eigenvalue weighted by Gasteiger charge is 2.53. The quantitative estimate of drug-likeness (QED) is 0.750. The topological polar surface area (TPSA) is 36.3 Å². The number of imidazole rings is 1. The van der Waals surface area contributed by atoms with Gasteiger partial charge in [-0.2, -0.15) is 0 Å². The third-order valence-corrected chi connectivity index (χ3v) is 4.66. The highest BCUT2D eigenvalue weighted by molar-refractivity contribution is 6.61. The molecule has 0 bridgehead atoms. The summed E-state index contributed by atoms with van der Waals surface area (Å²) in [5.74, 6) is 0. The average molecular weight is 248 g/mol. The Balaban J connectivity index is 1.86. The highest BCUT2D eigenvalue weighted by Crippen LogP contribution is 2.37. The maximum absolute atomic E-state index is 6.08. The van der Waals surface area contributed by atoms with Crippen LogP contribution < -0.4 is 5.59 Å². The van der Waals surface area contributed by atoms with Crippen LogP contribution in [0.3, 0.4) is 0 Å². The van der Waals surface area contributed by atoms with Gasteiger partial charge in [0.15, 0.2) is 0 Å². The molecule has 2 heterocycles. The fourth-order valence-electron chi connectivity index (χ4n) is 2.43. The summed E-state index contributed by atoms with van der Waals surface area (Å²) in [6.07, 6.45) is 7.57. The lowest BCUT2D eigenvalue weighted by Crippen LogP contribution is -2.41. The van der Waals surface area contributed by atoms with Gasteiger partial charge >= 0.3 is 7.12 Å². The second-order valence-electron chi connectivity index (χ2n) is 6.40. The Kier molecular flexibility index (Phi) is 2.61. The Hall–Kier alpha value is -0.805. The Morgan fingerprint density at radius 3 is 2.33 bits per heavy atom. The largest absolute Gasteiger partial charge is 0.514 e. The molecule has 2 fully saturated rings. The Morgan fingerprint density at radius 1 is 1.22 bits per heavy atom. The summed E-state index contributed by atoms with van der Waals surface area (Å²) < 4.78 is 14.4. The van der Waals surface area contributed by atoms with E-state index in [1.165, 1.54) is 19.3 Å². The Bertz CT molecular complexity index is 436. The van der Waals surface area contributed by atoms with Gasteiger partial charge in [-0.15, -0.1) is 0 Å². The Labute approximate surface area is 109 Å². The first-order valence-electron chi connectivity index (χ1n) is 6.78. The molecular weight excluding hydrogens is 227 g/mol. The van der Waals surface area contributed by atoms with Crippen LogP contribution in [0, 0.1) is 0 Å². The molecule has 1 aromatic rings. The van der Waals surface area contributed by atoms with Gasteiger partial charge in [-0.25, -0.2) is 4.98 Å². The third kappa shape index (κ3) is 1.72. The van der Waals surface area contributed by atoms with Gasteiger partial charge in [-0.3, -0.25) is 0 Å². The van der Waals surface area contributed by atoms with Crippen molar-refractivity contribution in [3.05, 3.63) is 12.5 Å². The lowest BCUT2D eigenvalue weighted by atomic mass is 9.83. The van der Waals surface area contributed by atoms with Gasteiger partial charge in [0.25, 0.3) is 0 Å². The molecule has 2 aliphatic rings. The normalized spacial score (nSPS) is 26.3. The molecule has 3 rings (SSSR count). The van der Waals surface area contributed by atoms with Gasteiger partial charge in [-0.05, 0) is 47.0 Å². The first kappa shape index (κ1) is 12.2. The van der Waals surface area contributed by atoms with Gasteiger partial charge in [-0.1, -0.05) is 0 Å². The number of aromatic nitrogens is 2. The van der Waals surface area contributed by atoms with E-state index in [0.717, 1.165) is 5.59 Å². The van der Waals surface area contributed by atoms with E-state index in [-0.39, 0.29) is 18.3 Å². The van der Waals surface area contributed by atoms with Crippen molar-refractivity contribution in [2.24, 2.45) is 0 Å². The van der Waals surface area contributed by atoms with Crippen molar-refractivity contribution in [1.29, 1.82) is 0 Å². The molecule has 98 valence electrons. The summed E-state index contributed by atoms with van der Waals surface area (Å²) in [6.45, 7) is 8.32. The van der Waals surface area contributed by atoms with Crippen molar-refractivity contribution in [3.63, 3.8) is 0 Å². The van der Waals surface area contributed by atoms with Crippen LogP contribution in [0.1, 0.15) is 53.0 Å². The smallest absolute Gasteiger partial charge is 0.398 e. The van der Waals surface area contributed by atoms with Crippen LogP contribution in [0.5, 0.6) is 0 Å². The molecule has 0 spiro atoms. The van der Waals surface area contributed by atoms with E-state index in [2.05, 4.69) is 37.2 Å². The summed E-state index contributed by atoms with van der Waals surface area (Å²) in [6, 6.07) is 0.585. The minimum Gasteiger partial charge on any atom is -0.398 e. The van der Waals surface area contributed by atoms with Crippen LogP contribution in [0.25, 0.3) is 0 Å². The molecule has 0 aromatic carbocycles. The third-order valence-electron chi connectivity index (χ3n) is 4.66. The van der Waals surface area contributed by atoms with E-state index < -0.39 is 0 Å². The number of hydrogen-bond donors (Lipinski definition) is 0. The molecule has 4 nitrogen and oxygen atoms in total. The van der Waals surface area contributed by atoms with Crippen molar-refractivity contribution in [3.8, 4) is 0 Å². The molecule has 0 N–H and O–H groups in total. The number of rotatable bonds is 2. The minimum atomic E-state index is -0.293. The van der Waals surface area contributed by atoms with Crippen molar-refractivity contribution < 1.29 is 9.31 Å². The SMILES string of the molecule is CC1(C)OB(c2cncn2C2CCC2)OC1(C)C. The predicted molar refractivity (Wildman–Crippen MR) is 70.8 cm³/mol. The molecule has 1 saturated carbocycles. The second-order valence-corrected chi connectivity index (χ2v) is 6.40. The van der Waals surface area contributed by atoms with Crippen LogP contribution in [-0.4, -0.2) is 27.9 Å². The maximum atomic E-state index is 6.08. The summed E-state index contributed by atoms with van der Waals surface area (Å²) in [4.78, 5) is 4.27. The fourth-order valence-corrected chi connectivity index (χ4v) is 2.43. The molecule has 1 aliphatic carbocycles. The zero-order valence-corrected chi connectivity index (χ0v) is 11.6. The number of nitrogens with zero attached hydrogens (tertiary/aromatic N) is 2. The molecule has 0 unspecified atom stereocenters. The van der Waals surface area contributed by atoms with Crippen molar-refractivity contribution >= 4 is 12.7 Å². The Morgan fingerprint density at radius 2 is 1.83 bits per heavy atom. The second kappa shape index (κ2) is 3.84. The summed E-state index contributed by atoms with van der Waals surface area (Å²) in [7, 11) is -0.293. The van der Waals surface area contributed by atoms with Gasteiger partial charge < -0.3 is 13.9 Å². The zero-order chi connectivity index (χ0) is 13.0. The first-order chi connectivity index (χ1) is 8.41. The van der Waals surface area contributed by atoms with Crippen molar-refractivity contribution in [1.82, 2.24) is 9.55 Å². The maximum Gasteiger partial charge on any atom is 0.514 e. The standard InChI is InChI=1S/C13H21BN2O2/c1-12(2)13(3,4)18-14(17-12)11-8-15-9-16(11)10-6-5-7-10/h8-10H,5-7H2,1-4H3. The molecule has 1 aliphatic heterocycles. The van der Waals surface area contributed by atoms with E-state index in [4.69, 9.17) is 9.31 Å². The highest BCUT2D eigenvalue weighted by atomic mass is 16.7. The lowest BCUT2D eigenvalue weighted by molar-refractivity contribution is 0.00578. The molecule has 18 heavy (non-hydrogen) atoms. The van der Waals surface area contributed by atoms with Crippen LogP contribution >= 0.6 is 0 Å². The van der Waals surface area contributed by atoms with Gasteiger partial charge in [0, 0.05) is 12.2 Å². The minimum absolute atomic E-state index is 0.285. The van der Waals surface area contributed by atoms with Gasteiger partial charge in [0.05, 0.1) is 23.1 Å². The fraction of sp³-hybridized carbons (Fsp3) is 0.769. The van der Waals surface area contributed by atoms with Gasteiger partial charge in [0.1, 0.15) is 0 Å². The average Bonchev–Trinajstić information content (AvgIpc) is 2.68. The van der Waals surface area contributed by atoms with E-state index in [9.17, 15) is 0 Å². The molecule has 0 amide bonds. The molecule has 0 radical (unpaired) electrons. The summed E-state index contributed by atoms with van der Waals surface area (Å²) in [5, 5.41) is 0. The predicted octanol–water partition coefficient (Wildman–Crippen LogP) is 1.91. The van der Waals surface area contributed by atoms with Crippen molar-refractivity contribution in [2.75, 3.05) is 0 Å². The van der Waals surface area contributed by atoms with Gasteiger partial charge in [0.2, 0.25) is 0 Å². The first-order valence-corrected chi connectivity index (χ1v) is 6.78. The van der Waals surface area contributed by atoms with Crippen LogP contribution in [0.4, 0.5) is 0 Å². The van der Waals surface area contributed by atoms with Crippen molar-refractivity contribution in [2.45, 2.75) is 64.2 Å². The molecule has 5 heteroatoms. The molecule has 1 saturated heterocycles. The zero-order valence-electron chi connectivity index (χ0n) is 11.6.